The fraction of sp³-hybridized carbons (Fsp3) is 0. The van der Waals surface area contributed by atoms with Gasteiger partial charge in [-0.25, -0.2) is 6.57 Å². The lowest BCUT2D eigenvalue weighted by Crippen LogP contribution is -0.994. The number of quaternary nitrogens is 1. The summed E-state index contributed by atoms with van der Waals surface area (Å²) in [5, 5.41) is 9.72. The average Bonchev–Trinajstić information content (AvgIpc) is 0.918. The van der Waals surface area contributed by atoms with Crippen molar-refractivity contribution in [2.45, 2.75) is 0 Å². The van der Waals surface area contributed by atoms with Gasteiger partial charge in [0.2, 0.25) is 0 Å². The molecule has 0 amide bonds. The zero-order valence-corrected chi connectivity index (χ0v) is 2.36. The molecule has 24 valence electrons. The first-order valence-corrected chi connectivity index (χ1v) is 0.406. The lowest BCUT2D eigenvalue weighted by atomic mass is 11.8. The second-order valence-electron chi connectivity index (χ2n) is 0.0913. The van der Waals surface area contributed by atoms with Crippen LogP contribution in [0.25, 0.3) is 5.01 Å². The molecule has 0 aromatic carbocycles. The Bertz CT molecular complexity index is 27.5. The Morgan fingerprint density at radius 1 is 1.75 bits per heavy atom. The standard InChI is InChI=1S/CNO.H3N/c1-2-3;/h;1H3/q-1;/p+1. The first-order chi connectivity index (χ1) is 1.41. The van der Waals surface area contributed by atoms with E-state index in [9.17, 15) is 0 Å². The van der Waals surface area contributed by atoms with Crippen LogP contribution in [0.15, 0.2) is 0 Å². The van der Waals surface area contributed by atoms with Gasteiger partial charge >= 0.3 is 0 Å². The number of hydrogen-bond acceptors (Lipinski definition) is 1. The van der Waals surface area contributed by atoms with Crippen molar-refractivity contribution in [3.63, 3.8) is 0 Å². The maximum absolute atomic E-state index is 8.22. The molecule has 0 saturated carbocycles. The van der Waals surface area contributed by atoms with Gasteiger partial charge in [-0.2, -0.15) is 0 Å². The Morgan fingerprint density at radius 3 is 1.75 bits per heavy atom. The Morgan fingerprint density at radius 2 is 1.75 bits per heavy atom. The molecule has 4 N–H and O–H groups in total. The molecule has 0 radical (unpaired) electrons. The van der Waals surface area contributed by atoms with Gasteiger partial charge in [0.1, 0.15) is 0 Å². The van der Waals surface area contributed by atoms with Gasteiger partial charge in [-0.1, -0.05) is 0 Å². The van der Waals surface area contributed by atoms with Crippen LogP contribution in [-0.2, 0) is 0 Å². The minimum Gasteiger partial charge on any atom is -0.539 e. The highest BCUT2D eigenvalue weighted by Crippen LogP contribution is 1.33. The molecular formula is CH4N2O. The van der Waals surface area contributed by atoms with Gasteiger partial charge in [0.05, 0.1) is 0 Å². The third-order valence-electron chi connectivity index (χ3n) is 0. The van der Waals surface area contributed by atoms with Gasteiger partial charge in [0.25, 0.3) is 0 Å². The van der Waals surface area contributed by atoms with E-state index in [1.807, 2.05) is 0 Å². The van der Waals surface area contributed by atoms with Gasteiger partial charge < -0.3 is 11.4 Å². The summed E-state index contributed by atoms with van der Waals surface area (Å²) < 4.78 is 0. The number of rotatable bonds is 0. The highest BCUT2D eigenvalue weighted by atomic mass is 16.4. The molecule has 0 fully saturated rings. The zero-order valence-electron chi connectivity index (χ0n) is 2.36. The smallest absolute Gasteiger partial charge is 0.208 e. The molecule has 0 bridgehead atoms. The minimum absolute atomic E-state index is 0. The van der Waals surface area contributed by atoms with E-state index in [1.165, 1.54) is 5.01 Å². The van der Waals surface area contributed by atoms with Crippen molar-refractivity contribution in [3.05, 3.63) is 16.8 Å². The molecule has 0 heterocycles. The summed E-state index contributed by atoms with van der Waals surface area (Å²) in [6.45, 7) is 5.28. The van der Waals surface area contributed by atoms with Crippen LogP contribution < -0.4 is 6.15 Å². The van der Waals surface area contributed by atoms with Gasteiger partial charge in [-0.15, -0.1) is 0 Å². The van der Waals surface area contributed by atoms with E-state index >= 15 is 0 Å². The van der Waals surface area contributed by atoms with Gasteiger partial charge in [0.15, 0.2) is 0 Å². The molecule has 0 aliphatic carbocycles. The molecule has 0 aliphatic heterocycles. The van der Waals surface area contributed by atoms with E-state index in [1.54, 1.807) is 0 Å². The Kier molecular flexibility index (Phi) is 148. The fourth-order valence-corrected chi connectivity index (χ4v) is 0. The lowest BCUT2D eigenvalue weighted by molar-refractivity contribution is 2.13. The van der Waals surface area contributed by atoms with E-state index in [4.69, 9.17) is 11.8 Å². The van der Waals surface area contributed by atoms with Crippen LogP contribution in [0, 0.1) is 11.8 Å². The molecule has 3 heteroatoms. The molecule has 0 spiro atoms. The third-order valence-corrected chi connectivity index (χ3v) is 0. The summed E-state index contributed by atoms with van der Waals surface area (Å²) in [5.41, 5.74) is 0. The first kappa shape index (κ1) is 10.5. The molecule has 0 aliphatic rings. The van der Waals surface area contributed by atoms with Crippen LogP contribution in [0.5, 0.6) is 0 Å². The summed E-state index contributed by atoms with van der Waals surface area (Å²) >= 11 is 0. The Labute approximate surface area is 24.2 Å². The van der Waals surface area contributed by atoms with E-state index < -0.39 is 0 Å². The highest BCUT2D eigenvalue weighted by Gasteiger charge is 0.814. The van der Waals surface area contributed by atoms with Crippen molar-refractivity contribution in [3.8, 4) is 0 Å². The van der Waals surface area contributed by atoms with E-state index in [2.05, 4.69) is 0 Å². The molecule has 0 aromatic heterocycles. The van der Waals surface area contributed by atoms with E-state index in [0.29, 0.717) is 0 Å². The molecule has 0 aromatic rings. The van der Waals surface area contributed by atoms with E-state index in [-0.39, 0.29) is 6.15 Å². The number of hydrogen-bond donors (Lipinski definition) is 1. The fourth-order valence-electron chi connectivity index (χ4n) is 0. The number of nitrogens with zero attached hydrogens (tertiary/aromatic N) is 1. The molecule has 0 atom stereocenters. The van der Waals surface area contributed by atoms with Crippen LogP contribution >= 0.6 is 0 Å². The third kappa shape index (κ3) is 0.139. The zero-order chi connectivity index (χ0) is 2.71. The van der Waals surface area contributed by atoms with Crippen molar-refractivity contribution in [2.24, 2.45) is 0 Å². The molecule has 3 nitrogen and oxygen atoms in total. The summed E-state index contributed by atoms with van der Waals surface area (Å²) in [4.78, 5) is 0. The predicted octanol–water partition coefficient (Wildman–Crippen LogP) is 0.780. The van der Waals surface area contributed by atoms with Crippen LogP contribution in [0.2, 0.25) is 0 Å². The van der Waals surface area contributed by atoms with Crippen LogP contribution in [0.1, 0.15) is 0 Å². The van der Waals surface area contributed by atoms with Crippen molar-refractivity contribution in [1.82, 2.24) is 6.15 Å². The SMILES string of the molecule is [C-]#[N+][O-].[NH4+]. The molecule has 0 unspecified atom stereocenters. The summed E-state index contributed by atoms with van der Waals surface area (Å²) in [6.07, 6.45) is 0. The maximum atomic E-state index is 8.22. The molecular weight excluding hydrogens is 56.0 g/mol. The van der Waals surface area contributed by atoms with Crippen LogP contribution in [0.4, 0.5) is 0 Å². The Hall–Kier alpha value is -0.750. The van der Waals surface area contributed by atoms with Gasteiger partial charge in [-0.3, -0.25) is 5.01 Å². The van der Waals surface area contributed by atoms with Crippen molar-refractivity contribution in [2.75, 3.05) is 0 Å². The predicted molar refractivity (Wildman–Crippen MR) is 16.0 cm³/mol. The first-order valence-electron chi connectivity index (χ1n) is 0.406. The second-order valence-corrected chi connectivity index (χ2v) is 0.0913. The topological polar surface area (TPSA) is 63.9 Å². The average molecular weight is 60.1 g/mol. The van der Waals surface area contributed by atoms with Crippen LogP contribution in [-0.4, -0.2) is 0 Å². The van der Waals surface area contributed by atoms with Crippen molar-refractivity contribution >= 4 is 0 Å². The Balaban J connectivity index is 0. The minimum atomic E-state index is 0. The normalized spacial score (nSPS) is 1.75. The highest BCUT2D eigenvalue weighted by molar-refractivity contribution is 4.50. The summed E-state index contributed by atoms with van der Waals surface area (Å²) in [7, 11) is 0. The largest absolute Gasteiger partial charge is 0.539 e. The second kappa shape index (κ2) is 56.2. The monoisotopic (exact) mass is 60.0 g/mol. The van der Waals surface area contributed by atoms with Crippen molar-refractivity contribution < 1.29 is 0 Å². The molecule has 0 saturated heterocycles. The van der Waals surface area contributed by atoms with Crippen molar-refractivity contribution in [1.29, 1.82) is 0 Å². The van der Waals surface area contributed by atoms with Gasteiger partial charge in [-0.05, 0) is 0 Å². The summed E-state index contributed by atoms with van der Waals surface area (Å²) in [6, 6.07) is 0. The van der Waals surface area contributed by atoms with E-state index in [0.717, 1.165) is 0 Å². The lowest BCUT2D eigenvalue weighted by Gasteiger charge is -1.52. The van der Waals surface area contributed by atoms with Gasteiger partial charge in [0, 0.05) is 0 Å². The maximum Gasteiger partial charge on any atom is -0.208 e. The molecule has 4 heavy (non-hydrogen) atoms. The summed E-state index contributed by atoms with van der Waals surface area (Å²) in [5.74, 6) is 0. The quantitative estimate of drug-likeness (QED) is 0.326. The molecule has 0 rings (SSSR count). The van der Waals surface area contributed by atoms with Crippen LogP contribution in [0.3, 0.4) is 0 Å².